The van der Waals surface area contributed by atoms with E-state index < -0.39 is 0 Å². The fraction of sp³-hybridized carbons (Fsp3) is 0. The molecule has 4 nitrogen and oxygen atoms in total. The van der Waals surface area contributed by atoms with Crippen molar-refractivity contribution in [3.05, 3.63) is 267 Å². The topological polar surface area (TPSA) is 18.0 Å². The average molecular weight is 869 g/mol. The molecule has 0 bridgehead atoms. The minimum Gasteiger partial charge on any atom is -0.310 e. The van der Waals surface area contributed by atoms with Crippen molar-refractivity contribution in [2.24, 2.45) is 0 Å². The maximum absolute atomic E-state index is 2.43. The third kappa shape index (κ3) is 6.45. The van der Waals surface area contributed by atoms with Gasteiger partial charge in [-0.1, -0.05) is 164 Å². The van der Waals surface area contributed by atoms with Crippen LogP contribution in [0.3, 0.4) is 0 Å². The Kier molecular flexibility index (Phi) is 9.47. The van der Waals surface area contributed by atoms with Crippen LogP contribution in [0.25, 0.3) is 93.3 Å². The average Bonchev–Trinajstić information content (AvgIpc) is 4.05. The molecule has 0 aliphatic carbocycles. The number of benzene rings is 11. The zero-order valence-electron chi connectivity index (χ0n) is 37.2. The Bertz CT molecular complexity index is 3930. The third-order valence-corrected chi connectivity index (χ3v) is 13.5. The van der Waals surface area contributed by atoms with E-state index in [-0.39, 0.29) is 0 Å². The Morgan fingerprint density at radius 3 is 0.941 bits per heavy atom. The van der Waals surface area contributed by atoms with Crippen LogP contribution in [0.15, 0.2) is 267 Å². The normalized spacial score (nSPS) is 11.5. The van der Waals surface area contributed by atoms with Crippen LogP contribution in [0.2, 0.25) is 0 Å². The maximum atomic E-state index is 2.43. The van der Waals surface area contributed by atoms with Crippen molar-refractivity contribution in [2.75, 3.05) is 4.90 Å². The summed E-state index contributed by atoms with van der Waals surface area (Å²) in [5.41, 5.74) is 14.2. The molecule has 0 aliphatic rings. The van der Waals surface area contributed by atoms with E-state index in [9.17, 15) is 0 Å². The highest BCUT2D eigenvalue weighted by atomic mass is 15.1. The smallest absolute Gasteiger partial charge is 0.0542 e. The van der Waals surface area contributed by atoms with Crippen LogP contribution in [0.5, 0.6) is 0 Å². The highest BCUT2D eigenvalue weighted by molar-refractivity contribution is 6.14. The third-order valence-electron chi connectivity index (χ3n) is 13.5. The van der Waals surface area contributed by atoms with Crippen LogP contribution in [-0.4, -0.2) is 13.7 Å². The molecule has 3 aromatic heterocycles. The molecule has 0 unspecified atom stereocenters. The number of anilines is 3. The lowest BCUT2D eigenvalue weighted by Crippen LogP contribution is -2.10. The number of hydrogen-bond donors (Lipinski definition) is 0. The Labute approximate surface area is 394 Å². The Morgan fingerprint density at radius 1 is 0.221 bits per heavy atom. The van der Waals surface area contributed by atoms with Crippen LogP contribution < -0.4 is 4.90 Å². The lowest BCUT2D eigenvalue weighted by atomic mass is 10.0. The van der Waals surface area contributed by atoms with Gasteiger partial charge >= 0.3 is 0 Å². The molecule has 14 aromatic rings. The molecule has 0 N–H and O–H groups in total. The zero-order chi connectivity index (χ0) is 45.0. The fourth-order valence-corrected chi connectivity index (χ4v) is 10.5. The van der Waals surface area contributed by atoms with Crippen molar-refractivity contribution >= 4 is 93.3 Å². The van der Waals surface area contributed by atoms with E-state index in [0.717, 1.165) is 28.4 Å². The summed E-state index contributed by atoms with van der Waals surface area (Å²) in [7, 11) is 0. The maximum Gasteiger partial charge on any atom is 0.0542 e. The first-order chi connectivity index (χ1) is 33.8. The van der Waals surface area contributed by atoms with Crippen molar-refractivity contribution in [1.29, 1.82) is 0 Å². The summed E-state index contributed by atoms with van der Waals surface area (Å²) >= 11 is 0. The van der Waals surface area contributed by atoms with Gasteiger partial charge in [0, 0.05) is 66.1 Å². The van der Waals surface area contributed by atoms with E-state index in [4.69, 9.17) is 0 Å². The lowest BCUT2D eigenvalue weighted by molar-refractivity contribution is 1.18. The summed E-state index contributed by atoms with van der Waals surface area (Å²) in [5, 5.41) is 9.97. The monoisotopic (exact) mass is 868 g/mol. The first-order valence-electron chi connectivity index (χ1n) is 23.3. The molecule has 0 amide bonds. The van der Waals surface area contributed by atoms with Gasteiger partial charge in [0.2, 0.25) is 0 Å². The van der Waals surface area contributed by atoms with Crippen molar-refractivity contribution in [2.45, 2.75) is 0 Å². The fourth-order valence-electron chi connectivity index (χ4n) is 10.5. The first kappa shape index (κ1) is 39.3. The summed E-state index contributed by atoms with van der Waals surface area (Å²) in [6.07, 6.45) is 0. The van der Waals surface area contributed by atoms with Crippen LogP contribution in [0.1, 0.15) is 0 Å². The summed E-state index contributed by atoms with van der Waals surface area (Å²) < 4.78 is 7.08. The number of hydrogen-bond acceptors (Lipinski definition) is 1. The molecule has 0 spiro atoms. The van der Waals surface area contributed by atoms with Crippen LogP contribution in [0, 0.1) is 0 Å². The van der Waals surface area contributed by atoms with Gasteiger partial charge in [0.25, 0.3) is 0 Å². The lowest BCUT2D eigenvalue weighted by Gasteiger charge is -2.27. The molecule has 0 atom stereocenters. The second-order valence-corrected chi connectivity index (χ2v) is 17.3. The van der Waals surface area contributed by atoms with Crippen LogP contribution >= 0.6 is 0 Å². The molecule has 3 heterocycles. The predicted octanol–water partition coefficient (Wildman–Crippen LogP) is 17.3. The van der Waals surface area contributed by atoms with Crippen LogP contribution in [0.4, 0.5) is 17.1 Å². The van der Waals surface area contributed by atoms with Crippen molar-refractivity contribution < 1.29 is 0 Å². The number of para-hydroxylation sites is 7. The van der Waals surface area contributed by atoms with E-state index in [1.807, 2.05) is 0 Å². The second-order valence-electron chi connectivity index (χ2n) is 17.3. The van der Waals surface area contributed by atoms with Gasteiger partial charge in [-0.3, -0.25) is 0 Å². The molecular formula is C64H44N4. The molecule has 11 aromatic carbocycles. The summed E-state index contributed by atoms with van der Waals surface area (Å²) in [6, 6.07) is 95.6. The van der Waals surface area contributed by atoms with E-state index in [2.05, 4.69) is 286 Å². The summed E-state index contributed by atoms with van der Waals surface area (Å²) in [6.45, 7) is 0. The van der Waals surface area contributed by atoms with Gasteiger partial charge < -0.3 is 18.6 Å². The van der Waals surface area contributed by atoms with E-state index >= 15 is 0 Å². The molecule has 68 heavy (non-hydrogen) atoms. The van der Waals surface area contributed by atoms with Crippen molar-refractivity contribution in [3.63, 3.8) is 0 Å². The number of fused-ring (bicyclic) bond motifs is 10. The SMILES string of the molecule is c1ccc(-n2c3ccccc3c3cc(N(c4ccc5c(c4)c4ccccc4n5-c4ccccc4)c4cccc5ccccc45)ccc32)cc1.c1ccc(-n2c3ccccc3c3ccccc32)cc1. The molecule has 4 heteroatoms. The Balaban J connectivity index is 0.000000200. The van der Waals surface area contributed by atoms with Gasteiger partial charge in [0.15, 0.2) is 0 Å². The molecular weight excluding hydrogens is 825 g/mol. The molecule has 0 fully saturated rings. The van der Waals surface area contributed by atoms with Crippen molar-refractivity contribution in [1.82, 2.24) is 13.7 Å². The molecule has 0 aliphatic heterocycles. The highest BCUT2D eigenvalue weighted by Gasteiger charge is 2.21. The van der Waals surface area contributed by atoms with Gasteiger partial charge in [0.05, 0.1) is 38.8 Å². The Hall–Kier alpha value is -9.12. The number of rotatable bonds is 6. The van der Waals surface area contributed by atoms with Gasteiger partial charge in [-0.2, -0.15) is 0 Å². The van der Waals surface area contributed by atoms with E-state index in [0.29, 0.717) is 0 Å². The molecule has 14 rings (SSSR count). The van der Waals surface area contributed by atoms with Gasteiger partial charge in [-0.15, -0.1) is 0 Å². The van der Waals surface area contributed by atoms with E-state index in [1.54, 1.807) is 0 Å². The standard InChI is InChI=1S/C46H31N3.C18H13N/c1-3-16-33(17-4-1)48-43-23-11-9-21-38(43)40-30-35(26-28-45(40)48)47(42-25-13-15-32-14-7-8-20-37(32)42)36-27-29-46-41(31-36)39-22-10-12-24-44(39)49(46)34-18-5-2-6-19-34;1-2-8-14(9-3-1)19-17-12-6-4-10-15(17)16-11-5-7-13-18(16)19/h1-31H;1-13H. The van der Waals surface area contributed by atoms with Gasteiger partial charge in [0.1, 0.15) is 0 Å². The van der Waals surface area contributed by atoms with Crippen LogP contribution in [-0.2, 0) is 0 Å². The minimum absolute atomic E-state index is 1.12. The predicted molar refractivity (Wildman–Crippen MR) is 288 cm³/mol. The van der Waals surface area contributed by atoms with Gasteiger partial charge in [-0.25, -0.2) is 0 Å². The molecule has 0 saturated carbocycles. The highest BCUT2D eigenvalue weighted by Crippen LogP contribution is 2.44. The largest absolute Gasteiger partial charge is 0.310 e. The zero-order valence-corrected chi connectivity index (χ0v) is 37.2. The molecule has 0 saturated heterocycles. The summed E-state index contributed by atoms with van der Waals surface area (Å²) in [5.74, 6) is 0. The summed E-state index contributed by atoms with van der Waals surface area (Å²) in [4.78, 5) is 2.43. The van der Waals surface area contributed by atoms with Crippen molar-refractivity contribution in [3.8, 4) is 17.1 Å². The molecule has 0 radical (unpaired) electrons. The minimum atomic E-state index is 1.12. The number of aromatic nitrogens is 3. The first-order valence-corrected chi connectivity index (χ1v) is 23.3. The second kappa shape index (κ2) is 16.4. The molecule has 320 valence electrons. The van der Waals surface area contributed by atoms with E-state index in [1.165, 1.54) is 81.9 Å². The number of nitrogens with zero attached hydrogens (tertiary/aromatic N) is 4. The van der Waals surface area contributed by atoms with Gasteiger partial charge in [-0.05, 0) is 109 Å². The quantitative estimate of drug-likeness (QED) is 0.163. The Morgan fingerprint density at radius 2 is 0.529 bits per heavy atom.